The van der Waals surface area contributed by atoms with E-state index in [9.17, 15) is 4.79 Å². The Labute approximate surface area is 115 Å². The van der Waals surface area contributed by atoms with Crippen molar-refractivity contribution in [1.82, 2.24) is 9.55 Å². The van der Waals surface area contributed by atoms with Gasteiger partial charge in [0.15, 0.2) is 0 Å². The minimum absolute atomic E-state index is 0.215. The van der Waals surface area contributed by atoms with Crippen LogP contribution in [0.5, 0.6) is 0 Å². The molecule has 0 saturated heterocycles. The molecule has 3 rings (SSSR count). The summed E-state index contributed by atoms with van der Waals surface area (Å²) < 4.78 is 1.93. The molecule has 0 fully saturated rings. The van der Waals surface area contributed by atoms with Gasteiger partial charge in [-0.05, 0) is 42.2 Å². The van der Waals surface area contributed by atoms with Crippen molar-refractivity contribution in [3.05, 3.63) is 52.6 Å². The first-order chi connectivity index (χ1) is 9.15. The van der Waals surface area contributed by atoms with Gasteiger partial charge in [0.2, 0.25) is 0 Å². The van der Waals surface area contributed by atoms with Gasteiger partial charge in [0.05, 0.1) is 11.9 Å². The van der Waals surface area contributed by atoms with Gasteiger partial charge in [-0.25, -0.2) is 9.78 Å². The number of fused-ring (bicyclic) bond motifs is 1. The number of hydrogen-bond acceptors (Lipinski definition) is 2. The van der Waals surface area contributed by atoms with Crippen molar-refractivity contribution in [2.45, 2.75) is 12.8 Å². The number of aromatic nitrogens is 2. The van der Waals surface area contributed by atoms with Crippen LogP contribution >= 0.6 is 11.6 Å². The van der Waals surface area contributed by atoms with E-state index in [-0.39, 0.29) is 5.56 Å². The van der Waals surface area contributed by atoms with Crippen molar-refractivity contribution in [2.24, 2.45) is 0 Å². The van der Waals surface area contributed by atoms with Gasteiger partial charge in [-0.15, -0.1) is 0 Å². The maximum atomic E-state index is 11.1. The molecule has 1 heterocycles. The van der Waals surface area contributed by atoms with E-state index in [4.69, 9.17) is 16.7 Å². The summed E-state index contributed by atoms with van der Waals surface area (Å²) in [5.74, 6) is -0.965. The van der Waals surface area contributed by atoms with Crippen LogP contribution in [-0.4, -0.2) is 20.6 Å². The number of aromatic carboxylic acids is 1. The first-order valence-corrected chi connectivity index (χ1v) is 6.27. The lowest BCUT2D eigenvalue weighted by atomic mass is 9.93. The van der Waals surface area contributed by atoms with Crippen molar-refractivity contribution >= 4 is 29.3 Å². The van der Waals surface area contributed by atoms with Crippen LogP contribution in [0.2, 0.25) is 5.02 Å². The molecule has 0 aliphatic heterocycles. The second kappa shape index (κ2) is 4.55. The fraction of sp³-hybridized carbons (Fsp3) is 0.143. The van der Waals surface area contributed by atoms with Gasteiger partial charge in [0.25, 0.3) is 0 Å². The summed E-state index contributed by atoms with van der Waals surface area (Å²) in [6, 6.07) is 3.18. The molecule has 0 bridgehead atoms. The number of benzene rings is 1. The van der Waals surface area contributed by atoms with Crippen LogP contribution in [0.15, 0.2) is 30.9 Å². The van der Waals surface area contributed by atoms with Crippen LogP contribution in [0.4, 0.5) is 0 Å². The van der Waals surface area contributed by atoms with E-state index in [1.165, 1.54) is 6.07 Å². The van der Waals surface area contributed by atoms with Gasteiger partial charge in [-0.2, -0.15) is 0 Å². The Balaban J connectivity index is 2.11. The predicted molar refractivity (Wildman–Crippen MR) is 73.1 cm³/mol. The average molecular weight is 275 g/mol. The molecule has 19 heavy (non-hydrogen) atoms. The van der Waals surface area contributed by atoms with Crippen molar-refractivity contribution in [3.63, 3.8) is 0 Å². The highest BCUT2D eigenvalue weighted by atomic mass is 35.5. The number of nitrogens with zero attached hydrogens (tertiary/aromatic N) is 2. The molecule has 1 aromatic heterocycles. The van der Waals surface area contributed by atoms with Gasteiger partial charge < -0.3 is 9.67 Å². The number of imidazole rings is 1. The van der Waals surface area contributed by atoms with E-state index in [2.05, 4.69) is 4.98 Å². The lowest BCUT2D eigenvalue weighted by Gasteiger charge is -2.18. The number of carboxylic acids is 1. The molecular formula is C14H11ClN2O2. The molecule has 0 amide bonds. The molecular weight excluding hydrogens is 264 g/mol. The Morgan fingerprint density at radius 2 is 2.21 bits per heavy atom. The number of carbonyl (C=O) groups is 1. The van der Waals surface area contributed by atoms with Crippen molar-refractivity contribution in [1.29, 1.82) is 0 Å². The Kier molecular flexibility index (Phi) is 2.87. The third kappa shape index (κ3) is 2.15. The molecule has 0 spiro atoms. The molecule has 96 valence electrons. The normalized spacial score (nSPS) is 13.8. The summed E-state index contributed by atoms with van der Waals surface area (Å²) in [4.78, 5) is 15.1. The van der Waals surface area contributed by atoms with Crippen LogP contribution in [0.3, 0.4) is 0 Å². The van der Waals surface area contributed by atoms with E-state index in [1.807, 2.05) is 16.8 Å². The minimum atomic E-state index is -0.965. The van der Waals surface area contributed by atoms with Crippen molar-refractivity contribution in [3.8, 4) is 0 Å². The summed E-state index contributed by atoms with van der Waals surface area (Å²) in [5.41, 5.74) is 3.19. The molecule has 0 radical (unpaired) electrons. The molecule has 4 nitrogen and oxygen atoms in total. The second-order valence-corrected chi connectivity index (χ2v) is 4.84. The smallest absolute Gasteiger partial charge is 0.335 e. The fourth-order valence-corrected chi connectivity index (χ4v) is 2.63. The molecule has 5 heteroatoms. The minimum Gasteiger partial charge on any atom is -0.478 e. The number of halogens is 1. The quantitative estimate of drug-likeness (QED) is 0.915. The number of rotatable bonds is 2. The lowest BCUT2D eigenvalue weighted by molar-refractivity contribution is 0.0697. The summed E-state index contributed by atoms with van der Waals surface area (Å²) in [6.07, 6.45) is 8.96. The topological polar surface area (TPSA) is 55.1 Å². The summed E-state index contributed by atoms with van der Waals surface area (Å²) >= 11 is 6.15. The third-order valence-corrected chi connectivity index (χ3v) is 3.60. The van der Waals surface area contributed by atoms with Crippen LogP contribution in [0.25, 0.3) is 11.8 Å². The van der Waals surface area contributed by atoms with Gasteiger partial charge in [-0.1, -0.05) is 11.6 Å². The molecule has 1 aromatic carbocycles. The zero-order valence-electron chi connectivity index (χ0n) is 10.0. The maximum absolute atomic E-state index is 11.1. The van der Waals surface area contributed by atoms with Gasteiger partial charge in [-0.3, -0.25) is 0 Å². The van der Waals surface area contributed by atoms with Gasteiger partial charge >= 0.3 is 5.97 Å². The molecule has 1 aliphatic carbocycles. The van der Waals surface area contributed by atoms with E-state index < -0.39 is 5.97 Å². The lowest BCUT2D eigenvalue weighted by Crippen LogP contribution is -2.06. The average Bonchev–Trinajstić information content (AvgIpc) is 2.91. The highest BCUT2D eigenvalue weighted by Gasteiger charge is 2.17. The van der Waals surface area contributed by atoms with E-state index >= 15 is 0 Å². The van der Waals surface area contributed by atoms with Gasteiger partial charge in [0, 0.05) is 23.1 Å². The Bertz CT molecular complexity index is 675. The number of carboxylic acid groups (broad SMARTS) is 1. The predicted octanol–water partition coefficient (Wildman–Crippen LogP) is 3.18. The molecule has 0 unspecified atom stereocenters. The number of hydrogen-bond donors (Lipinski definition) is 1. The Morgan fingerprint density at radius 3 is 2.89 bits per heavy atom. The summed E-state index contributed by atoms with van der Waals surface area (Å²) in [6.45, 7) is 0. The van der Waals surface area contributed by atoms with Crippen molar-refractivity contribution < 1.29 is 9.90 Å². The van der Waals surface area contributed by atoms with E-state index in [0.717, 1.165) is 29.7 Å². The van der Waals surface area contributed by atoms with Crippen LogP contribution in [0, 0.1) is 0 Å². The van der Waals surface area contributed by atoms with E-state index in [1.54, 1.807) is 18.6 Å². The highest BCUT2D eigenvalue weighted by molar-refractivity contribution is 6.32. The molecule has 2 aromatic rings. The zero-order chi connectivity index (χ0) is 13.4. The molecule has 1 N–H and O–H groups in total. The van der Waals surface area contributed by atoms with Crippen molar-refractivity contribution in [2.75, 3.05) is 0 Å². The largest absolute Gasteiger partial charge is 0.478 e. The first kappa shape index (κ1) is 12.0. The maximum Gasteiger partial charge on any atom is 0.335 e. The molecule has 0 saturated carbocycles. The summed E-state index contributed by atoms with van der Waals surface area (Å²) in [7, 11) is 0. The Morgan fingerprint density at radius 1 is 1.37 bits per heavy atom. The van der Waals surface area contributed by atoms with Crippen LogP contribution in [0.1, 0.15) is 27.9 Å². The third-order valence-electron chi connectivity index (χ3n) is 3.27. The van der Waals surface area contributed by atoms with Gasteiger partial charge in [0.1, 0.15) is 0 Å². The zero-order valence-corrected chi connectivity index (χ0v) is 10.8. The standard InChI is InChI=1S/C14H11ClN2O2/c15-13-7-10(14(18)19)5-9-6-11(1-2-12(9)13)17-4-3-16-8-17/h3-8H,1-2H2,(H,18,19). The monoisotopic (exact) mass is 274 g/mol. The highest BCUT2D eigenvalue weighted by Crippen LogP contribution is 2.32. The van der Waals surface area contributed by atoms with Crippen LogP contribution < -0.4 is 0 Å². The SMILES string of the molecule is O=C(O)c1cc(Cl)c2c(c1)C=C(n1ccnc1)CC2. The first-order valence-electron chi connectivity index (χ1n) is 5.90. The molecule has 0 atom stereocenters. The second-order valence-electron chi connectivity index (χ2n) is 4.44. The fourth-order valence-electron chi connectivity index (χ4n) is 2.31. The summed E-state index contributed by atoms with van der Waals surface area (Å²) in [5, 5.41) is 9.59. The van der Waals surface area contributed by atoms with E-state index in [0.29, 0.717) is 5.02 Å². The number of allylic oxidation sites excluding steroid dienone is 1. The van der Waals surface area contributed by atoms with Crippen LogP contribution in [-0.2, 0) is 6.42 Å². The molecule has 1 aliphatic rings. The Hall–Kier alpha value is -2.07.